The Balaban J connectivity index is 1.11. The van der Waals surface area contributed by atoms with Gasteiger partial charge < -0.3 is 23.9 Å². The van der Waals surface area contributed by atoms with Gasteiger partial charge in [0.15, 0.2) is 42.7 Å². The number of nitriles is 1. The average molecular weight is 1080 g/mol. The van der Waals surface area contributed by atoms with Crippen LogP contribution in [0, 0.1) is 41.6 Å². The first-order valence-corrected chi connectivity index (χ1v) is 30.0. The maximum absolute atomic E-state index is 15.4. The third-order valence-electron chi connectivity index (χ3n) is 14.5. The van der Waals surface area contributed by atoms with Crippen molar-refractivity contribution in [3.63, 3.8) is 0 Å². The van der Waals surface area contributed by atoms with E-state index in [1.165, 1.54) is 17.2 Å². The molecule has 9 rings (SSSR count). The number of aromatic nitrogens is 8. The highest BCUT2D eigenvalue weighted by Gasteiger charge is 2.73. The van der Waals surface area contributed by atoms with Crippen LogP contribution in [-0.4, -0.2) is 117 Å². The van der Waals surface area contributed by atoms with Crippen LogP contribution in [0.25, 0.3) is 27.2 Å². The number of aromatic amines is 1. The molecular weight excluding hydrogens is 1020 g/mol. The fourth-order valence-electron chi connectivity index (χ4n) is 9.61. The van der Waals surface area contributed by atoms with Gasteiger partial charge in [-0.2, -0.15) is 10.2 Å². The van der Waals surface area contributed by atoms with E-state index in [0.717, 1.165) is 0 Å². The Hall–Kier alpha value is -5.60. The van der Waals surface area contributed by atoms with E-state index < -0.39 is 107 Å². The van der Waals surface area contributed by atoms with E-state index in [4.69, 9.17) is 42.9 Å². The van der Waals surface area contributed by atoms with Gasteiger partial charge in [-0.3, -0.25) is 56.4 Å². The second kappa shape index (κ2) is 20.5. The molecule has 0 bridgehead atoms. The molecule has 5 aromatic rings. The number of fused-ring (bicyclic) bond motifs is 6. The van der Waals surface area contributed by atoms with E-state index in [1.807, 2.05) is 51.4 Å². The number of carbonyl (C=O) groups excluding carboxylic acids is 2. The first-order valence-electron chi connectivity index (χ1n) is 24.1. The van der Waals surface area contributed by atoms with E-state index in [-0.39, 0.29) is 61.6 Å². The minimum atomic E-state index is -4.76. The number of nitrogens with zero attached hydrogens (tertiary/aromatic N) is 9. The molecule has 6 heterocycles. The lowest BCUT2D eigenvalue weighted by Gasteiger charge is -2.41. The molecule has 4 aromatic heterocycles. The number of carbonyl (C=O) groups is 2. The maximum Gasteiger partial charge on any atom is 0.475 e. The van der Waals surface area contributed by atoms with Crippen molar-refractivity contribution in [1.82, 2.24) is 39.0 Å². The fourth-order valence-corrected chi connectivity index (χ4v) is 13.8. The zero-order valence-electron chi connectivity index (χ0n) is 42.0. The number of H-pyrrole nitrogens is 1. The molecule has 28 heteroatoms. The molecule has 1 aromatic carbocycles. The SMILES string of the molecule is [C-]#[N+]CCOP1(=O)OC[C@H]2O[C@@H](n3cnc4c(=O)[nH]c(NC(=O)C(C)C)nc43)[C@H](O[Si](C)(C)C(C)(C)C)[C@@H]2OP(=O)(OCCC#N)OC[C@@H]2[C@@H](O1)[C@@H](C)[C@]1(n3cnc4c(NC(=O)c5ccccc5)ncnc43)C[C@@H]21. The van der Waals surface area contributed by atoms with Crippen molar-refractivity contribution in [2.75, 3.05) is 43.6 Å². The molecule has 74 heavy (non-hydrogen) atoms. The van der Waals surface area contributed by atoms with Gasteiger partial charge in [-0.25, -0.2) is 35.6 Å². The van der Waals surface area contributed by atoms with Gasteiger partial charge in [-0.15, -0.1) is 0 Å². The fraction of sp³-hybridized carbons (Fsp3) is 0.565. The average Bonchev–Trinajstić information content (AvgIpc) is 3.62. The second-order valence-electron chi connectivity index (χ2n) is 20.5. The summed E-state index contributed by atoms with van der Waals surface area (Å²) in [6, 6.07) is 10.6. The number of phosphoric ester groups is 2. The molecule has 2 unspecified atom stereocenters. The van der Waals surface area contributed by atoms with Crippen LogP contribution in [0.4, 0.5) is 11.8 Å². The number of benzene rings is 1. The lowest BCUT2D eigenvalue weighted by Crippen LogP contribution is -2.49. The highest BCUT2D eigenvalue weighted by molar-refractivity contribution is 7.48. The molecule has 11 atom stereocenters. The molecular formula is C46H58N12O13P2Si. The van der Waals surface area contributed by atoms with Crippen molar-refractivity contribution >= 4 is 69.9 Å². The Morgan fingerprint density at radius 3 is 2.41 bits per heavy atom. The Bertz CT molecular complexity index is 3190. The number of anilines is 2. The van der Waals surface area contributed by atoms with E-state index in [2.05, 4.69) is 45.4 Å². The van der Waals surface area contributed by atoms with Crippen LogP contribution in [-0.2, 0) is 55.8 Å². The van der Waals surface area contributed by atoms with Crippen molar-refractivity contribution in [3.8, 4) is 6.07 Å². The molecule has 2 saturated carbocycles. The minimum absolute atomic E-state index is 0.0129. The van der Waals surface area contributed by atoms with Gasteiger partial charge in [-0.05, 0) is 42.6 Å². The van der Waals surface area contributed by atoms with Crippen LogP contribution in [0.1, 0.15) is 71.0 Å². The van der Waals surface area contributed by atoms with Crippen molar-refractivity contribution in [2.24, 2.45) is 23.7 Å². The molecule has 4 fully saturated rings. The number of nitrogens with one attached hydrogen (secondary N) is 3. The van der Waals surface area contributed by atoms with Crippen molar-refractivity contribution in [1.29, 1.82) is 5.26 Å². The lowest BCUT2D eigenvalue weighted by molar-refractivity contribution is -0.118. The monoisotopic (exact) mass is 1080 g/mol. The van der Waals surface area contributed by atoms with Crippen LogP contribution in [0.2, 0.25) is 18.1 Å². The standard InChI is InChI=1S/C46H58N12O13P2Si/c1-26(2)40(59)55-44-54-39-33(42(61)56-44)51-24-57(39)43-36(71-74(8,9)45(4,5)6)35-31(68-43)22-67-73(63,65-19-17-48-7)69-34-27(3)46(20-30(46)29(34)21-66-72(62,70-35)64-18-13-16-47)58-25-52-32-37(49-23-50-38(32)58)53-41(60)28-14-11-10-12-15-28/h10-12,14-15,23-27,29-31,34-36,43H,13,17-22H2,1-6,8-9H3,(H,49,50,53,60)(H2,54,55,56,59,61)/t27-,29+,30+,31-,34+,35-,36-,43-,46-,72?,73?/m1/s1. The molecule has 0 spiro atoms. The number of rotatable bonds is 14. The van der Waals surface area contributed by atoms with Crippen molar-refractivity contribution < 1.29 is 55.0 Å². The Kier molecular flexibility index (Phi) is 14.7. The van der Waals surface area contributed by atoms with Crippen LogP contribution in [0.3, 0.4) is 0 Å². The molecule has 25 nitrogen and oxygen atoms in total. The van der Waals surface area contributed by atoms with Crippen LogP contribution >= 0.6 is 15.6 Å². The van der Waals surface area contributed by atoms with Crippen LogP contribution < -0.4 is 16.2 Å². The molecule has 2 saturated heterocycles. The number of hydrogen-bond donors (Lipinski definition) is 3. The number of amides is 2. The number of imidazole rings is 2. The summed E-state index contributed by atoms with van der Waals surface area (Å²) in [6.45, 7) is 20.8. The summed E-state index contributed by atoms with van der Waals surface area (Å²) >= 11 is 0. The molecule has 3 N–H and O–H groups in total. The van der Waals surface area contributed by atoms with Gasteiger partial charge in [0.05, 0.1) is 56.6 Å². The molecule has 394 valence electrons. The number of hydrogen-bond acceptors (Lipinski definition) is 19. The zero-order valence-corrected chi connectivity index (χ0v) is 44.8. The van der Waals surface area contributed by atoms with Crippen LogP contribution in [0.15, 0.2) is 54.1 Å². The first-order chi connectivity index (χ1) is 35.1. The number of ether oxygens (including phenoxy) is 1. The van der Waals surface area contributed by atoms with Crippen molar-refractivity contribution in [2.45, 2.75) is 109 Å². The summed E-state index contributed by atoms with van der Waals surface area (Å²) < 4.78 is 85.4. The third kappa shape index (κ3) is 10.1. The maximum atomic E-state index is 15.4. The first kappa shape index (κ1) is 53.2. The molecule has 2 aliphatic heterocycles. The smallest absolute Gasteiger partial charge is 0.407 e. The van der Waals surface area contributed by atoms with Gasteiger partial charge in [0.25, 0.3) is 11.5 Å². The summed E-state index contributed by atoms with van der Waals surface area (Å²) in [5, 5.41) is 14.6. The quantitative estimate of drug-likeness (QED) is 0.0437. The van der Waals surface area contributed by atoms with Gasteiger partial charge in [0.2, 0.25) is 18.4 Å². The molecule has 4 aliphatic rings. The minimum Gasteiger partial charge on any atom is -0.407 e. The Morgan fingerprint density at radius 1 is 1.00 bits per heavy atom. The lowest BCUT2D eigenvalue weighted by atomic mass is 9.94. The zero-order chi connectivity index (χ0) is 53.0. The largest absolute Gasteiger partial charge is 0.475 e. The van der Waals surface area contributed by atoms with E-state index in [0.29, 0.717) is 23.1 Å². The van der Waals surface area contributed by atoms with Gasteiger partial charge in [0.1, 0.15) is 31.2 Å². The second-order valence-corrected chi connectivity index (χ2v) is 28.5. The molecule has 2 aliphatic carbocycles. The Labute approximate surface area is 426 Å². The van der Waals surface area contributed by atoms with Gasteiger partial charge >= 0.3 is 15.6 Å². The predicted molar refractivity (Wildman–Crippen MR) is 267 cm³/mol. The normalized spacial score (nSPS) is 30.1. The highest BCUT2D eigenvalue weighted by Crippen LogP contribution is 2.71. The van der Waals surface area contributed by atoms with Crippen molar-refractivity contribution in [3.05, 3.63) is 76.6 Å². The van der Waals surface area contributed by atoms with E-state index >= 15 is 9.13 Å². The summed E-state index contributed by atoms with van der Waals surface area (Å²) in [5.41, 5.74) is -0.467. The predicted octanol–water partition coefficient (Wildman–Crippen LogP) is 6.97. The number of phosphoric acid groups is 2. The van der Waals surface area contributed by atoms with Crippen LogP contribution in [0.5, 0.6) is 0 Å². The summed E-state index contributed by atoms with van der Waals surface area (Å²) in [6.07, 6.45) is -1.71. The highest BCUT2D eigenvalue weighted by atomic mass is 31.2. The van der Waals surface area contributed by atoms with Gasteiger partial charge in [0, 0.05) is 23.3 Å². The topological polar surface area (TPSA) is 301 Å². The van der Waals surface area contributed by atoms with E-state index in [1.54, 1.807) is 50.5 Å². The molecule has 0 radical (unpaired) electrons. The summed E-state index contributed by atoms with van der Waals surface area (Å²) in [4.78, 5) is 67.8. The molecule has 2 amide bonds. The Morgan fingerprint density at radius 2 is 1.70 bits per heavy atom. The third-order valence-corrected chi connectivity index (χ3v) is 21.9. The van der Waals surface area contributed by atoms with E-state index in [9.17, 15) is 19.6 Å². The summed E-state index contributed by atoms with van der Waals surface area (Å²) in [7, 11) is -12.3. The summed E-state index contributed by atoms with van der Waals surface area (Å²) in [5.74, 6) is -2.78. The van der Waals surface area contributed by atoms with Gasteiger partial charge in [-0.1, -0.05) is 59.7 Å².